The maximum Gasteiger partial charge on any atom is 0.233 e. The molecule has 116 valence electrons. The third-order valence-corrected chi connectivity index (χ3v) is 4.36. The number of tetrazole rings is 1. The first kappa shape index (κ1) is 15.0. The molecule has 0 atom stereocenters. The van der Waals surface area contributed by atoms with E-state index in [1.807, 2.05) is 0 Å². The van der Waals surface area contributed by atoms with Crippen LogP contribution in [-0.2, 0) is 11.3 Å². The largest absolute Gasteiger partial charge is 0.341 e. The lowest BCUT2D eigenvalue weighted by Gasteiger charge is -2.16. The Kier molecular flexibility index (Phi) is 4.37. The standard InChI is InChI=1S/C14H16FN5OS/c1-19(8-10-2-4-11(15)5-3-10)13(21)9-22-14-16-17-18-20(14)12-6-7-12/h2-5,12H,6-9H2,1H3. The molecule has 1 aromatic heterocycles. The van der Waals surface area contributed by atoms with Gasteiger partial charge in [0.25, 0.3) is 0 Å². The molecule has 1 amide bonds. The van der Waals surface area contributed by atoms with Gasteiger partial charge in [-0.1, -0.05) is 23.9 Å². The van der Waals surface area contributed by atoms with Crippen LogP contribution in [-0.4, -0.2) is 43.8 Å². The minimum absolute atomic E-state index is 0.0142. The van der Waals surface area contributed by atoms with Crippen molar-refractivity contribution in [3.8, 4) is 0 Å². The van der Waals surface area contributed by atoms with E-state index < -0.39 is 0 Å². The Hall–Kier alpha value is -1.96. The number of amides is 1. The second-order valence-electron chi connectivity index (χ2n) is 5.30. The van der Waals surface area contributed by atoms with Gasteiger partial charge in [0.1, 0.15) is 5.82 Å². The van der Waals surface area contributed by atoms with Gasteiger partial charge in [-0.05, 0) is 41.0 Å². The number of halogens is 1. The van der Waals surface area contributed by atoms with Crippen LogP contribution >= 0.6 is 11.8 Å². The van der Waals surface area contributed by atoms with Gasteiger partial charge < -0.3 is 4.90 Å². The number of aromatic nitrogens is 4. The highest BCUT2D eigenvalue weighted by molar-refractivity contribution is 7.99. The van der Waals surface area contributed by atoms with Crippen LogP contribution in [0.15, 0.2) is 29.4 Å². The van der Waals surface area contributed by atoms with Crippen LogP contribution in [0, 0.1) is 5.82 Å². The van der Waals surface area contributed by atoms with Gasteiger partial charge in [0.2, 0.25) is 11.1 Å². The van der Waals surface area contributed by atoms with Gasteiger partial charge >= 0.3 is 0 Å². The highest BCUT2D eigenvalue weighted by Gasteiger charge is 2.28. The minimum Gasteiger partial charge on any atom is -0.341 e. The molecule has 0 aliphatic heterocycles. The Bertz CT molecular complexity index is 656. The van der Waals surface area contributed by atoms with Gasteiger partial charge in [0.05, 0.1) is 11.8 Å². The Labute approximate surface area is 131 Å². The Morgan fingerprint density at radius 3 is 2.82 bits per heavy atom. The van der Waals surface area contributed by atoms with Crippen LogP contribution in [0.5, 0.6) is 0 Å². The zero-order valence-electron chi connectivity index (χ0n) is 12.1. The van der Waals surface area contributed by atoms with Crippen molar-refractivity contribution in [2.75, 3.05) is 12.8 Å². The molecule has 0 unspecified atom stereocenters. The van der Waals surface area contributed by atoms with Crippen molar-refractivity contribution in [2.45, 2.75) is 30.6 Å². The molecule has 0 spiro atoms. The summed E-state index contributed by atoms with van der Waals surface area (Å²) in [5.41, 5.74) is 0.894. The van der Waals surface area contributed by atoms with Crippen LogP contribution in [0.3, 0.4) is 0 Å². The quantitative estimate of drug-likeness (QED) is 0.760. The summed E-state index contributed by atoms with van der Waals surface area (Å²) < 4.78 is 14.7. The number of benzene rings is 1. The molecule has 1 aromatic carbocycles. The summed E-state index contributed by atoms with van der Waals surface area (Å²) >= 11 is 1.35. The number of thioether (sulfide) groups is 1. The van der Waals surface area contributed by atoms with Gasteiger partial charge in [-0.3, -0.25) is 4.79 Å². The van der Waals surface area contributed by atoms with Crippen LogP contribution in [0.4, 0.5) is 4.39 Å². The monoisotopic (exact) mass is 321 g/mol. The summed E-state index contributed by atoms with van der Waals surface area (Å²) in [7, 11) is 1.73. The van der Waals surface area contributed by atoms with E-state index >= 15 is 0 Å². The van der Waals surface area contributed by atoms with E-state index in [1.54, 1.807) is 28.8 Å². The maximum atomic E-state index is 12.9. The predicted octanol–water partition coefficient (Wildman–Crippen LogP) is 1.90. The fourth-order valence-electron chi connectivity index (χ4n) is 2.02. The fourth-order valence-corrected chi connectivity index (χ4v) is 2.90. The third kappa shape index (κ3) is 3.62. The highest BCUT2D eigenvalue weighted by atomic mass is 32.2. The third-order valence-electron chi connectivity index (χ3n) is 3.44. The van der Waals surface area contributed by atoms with Crippen molar-refractivity contribution >= 4 is 17.7 Å². The maximum absolute atomic E-state index is 12.9. The molecule has 1 aliphatic carbocycles. The molecule has 1 saturated carbocycles. The van der Waals surface area contributed by atoms with E-state index in [0.717, 1.165) is 18.4 Å². The lowest BCUT2D eigenvalue weighted by atomic mass is 10.2. The van der Waals surface area contributed by atoms with Crippen molar-refractivity contribution in [2.24, 2.45) is 0 Å². The summed E-state index contributed by atoms with van der Waals surface area (Å²) in [6, 6.07) is 6.54. The average molecular weight is 321 g/mol. The normalized spacial score (nSPS) is 14.1. The highest BCUT2D eigenvalue weighted by Crippen LogP contribution is 2.36. The number of nitrogens with zero attached hydrogens (tertiary/aromatic N) is 5. The molecule has 0 saturated heterocycles. The van der Waals surface area contributed by atoms with Gasteiger partial charge in [-0.15, -0.1) is 5.10 Å². The van der Waals surface area contributed by atoms with Crippen molar-refractivity contribution in [3.05, 3.63) is 35.6 Å². The number of carbonyl (C=O) groups excluding carboxylic acids is 1. The first-order valence-corrected chi connectivity index (χ1v) is 8.01. The topological polar surface area (TPSA) is 63.9 Å². The summed E-state index contributed by atoms with van der Waals surface area (Å²) in [6.07, 6.45) is 2.19. The summed E-state index contributed by atoms with van der Waals surface area (Å²) in [6.45, 7) is 0.452. The molecule has 8 heteroatoms. The molecule has 2 aromatic rings. The molecular weight excluding hydrogens is 305 g/mol. The number of rotatable bonds is 6. The zero-order chi connectivity index (χ0) is 15.5. The second-order valence-corrected chi connectivity index (χ2v) is 6.24. The lowest BCUT2D eigenvalue weighted by Crippen LogP contribution is -2.27. The second kappa shape index (κ2) is 6.43. The van der Waals surface area contributed by atoms with E-state index in [0.29, 0.717) is 17.7 Å². The smallest absolute Gasteiger partial charge is 0.233 e. The molecule has 1 fully saturated rings. The first-order chi connectivity index (χ1) is 10.6. The molecular formula is C14H16FN5OS. The lowest BCUT2D eigenvalue weighted by molar-refractivity contribution is -0.127. The van der Waals surface area contributed by atoms with E-state index in [1.165, 1.54) is 23.9 Å². The van der Waals surface area contributed by atoms with Crippen molar-refractivity contribution in [3.63, 3.8) is 0 Å². The molecule has 0 radical (unpaired) electrons. The molecule has 1 heterocycles. The molecule has 22 heavy (non-hydrogen) atoms. The number of carbonyl (C=O) groups is 1. The summed E-state index contributed by atoms with van der Waals surface area (Å²) in [5.74, 6) is -0.00926. The minimum atomic E-state index is -0.278. The fraction of sp³-hybridized carbons (Fsp3) is 0.429. The van der Waals surface area contributed by atoms with Crippen LogP contribution in [0.25, 0.3) is 0 Å². The number of hydrogen-bond acceptors (Lipinski definition) is 5. The Morgan fingerprint density at radius 2 is 2.14 bits per heavy atom. The summed E-state index contributed by atoms with van der Waals surface area (Å²) in [4.78, 5) is 13.8. The molecule has 0 bridgehead atoms. The van der Waals surface area contributed by atoms with Gasteiger partial charge in [-0.25, -0.2) is 9.07 Å². The molecule has 6 nitrogen and oxygen atoms in total. The first-order valence-electron chi connectivity index (χ1n) is 7.02. The SMILES string of the molecule is CN(Cc1ccc(F)cc1)C(=O)CSc1nnnn1C1CC1. The van der Waals surface area contributed by atoms with E-state index in [9.17, 15) is 9.18 Å². The zero-order valence-corrected chi connectivity index (χ0v) is 13.0. The van der Waals surface area contributed by atoms with Crippen LogP contribution in [0.1, 0.15) is 24.4 Å². The molecule has 1 aliphatic rings. The Balaban J connectivity index is 1.52. The Morgan fingerprint density at radius 1 is 1.41 bits per heavy atom. The van der Waals surface area contributed by atoms with Crippen LogP contribution in [0.2, 0.25) is 0 Å². The van der Waals surface area contributed by atoms with Gasteiger partial charge in [0.15, 0.2) is 0 Å². The predicted molar refractivity (Wildman–Crippen MR) is 79.7 cm³/mol. The van der Waals surface area contributed by atoms with E-state index in [4.69, 9.17) is 0 Å². The van der Waals surface area contributed by atoms with Gasteiger partial charge in [-0.2, -0.15) is 0 Å². The van der Waals surface area contributed by atoms with Crippen LogP contribution < -0.4 is 0 Å². The molecule has 3 rings (SSSR count). The van der Waals surface area contributed by atoms with Gasteiger partial charge in [0, 0.05) is 13.6 Å². The average Bonchev–Trinajstić information content (AvgIpc) is 3.25. The number of hydrogen-bond donors (Lipinski definition) is 0. The molecule has 0 N–H and O–H groups in total. The van der Waals surface area contributed by atoms with Crippen molar-refractivity contribution in [1.29, 1.82) is 0 Å². The summed E-state index contributed by atoms with van der Waals surface area (Å²) in [5, 5.41) is 12.3. The van der Waals surface area contributed by atoms with Crippen molar-refractivity contribution < 1.29 is 9.18 Å². The van der Waals surface area contributed by atoms with Crippen molar-refractivity contribution in [1.82, 2.24) is 25.1 Å². The van der Waals surface area contributed by atoms with E-state index in [-0.39, 0.29) is 17.5 Å². The van der Waals surface area contributed by atoms with E-state index in [2.05, 4.69) is 15.5 Å².